The van der Waals surface area contributed by atoms with Crippen molar-refractivity contribution >= 4 is 34.4 Å². The van der Waals surface area contributed by atoms with Gasteiger partial charge in [-0.1, -0.05) is 17.7 Å². The molecule has 0 saturated heterocycles. The molecule has 116 valence electrons. The number of ether oxygens (including phenoxy) is 2. The molecule has 0 radical (unpaired) electrons. The molecule has 3 aromatic rings. The predicted molar refractivity (Wildman–Crippen MR) is 89.7 cm³/mol. The number of nitrogens with one attached hydrogen (secondary N) is 1. The van der Waals surface area contributed by atoms with Gasteiger partial charge in [0.2, 0.25) is 0 Å². The molecule has 4 rings (SSSR count). The summed E-state index contributed by atoms with van der Waals surface area (Å²) in [7, 11) is 0. The van der Waals surface area contributed by atoms with Crippen molar-refractivity contribution in [2.45, 2.75) is 0 Å². The quantitative estimate of drug-likeness (QED) is 0.697. The highest BCUT2D eigenvalue weighted by atomic mass is 35.5. The smallest absolute Gasteiger partial charge is 0.198 e. The Kier molecular flexibility index (Phi) is 3.35. The van der Waals surface area contributed by atoms with E-state index in [0.29, 0.717) is 29.5 Å². The Morgan fingerprint density at radius 2 is 1.91 bits per heavy atom. The average molecular weight is 329 g/mol. The number of nitrogens with zero attached hydrogens (tertiary/aromatic N) is 1. The van der Waals surface area contributed by atoms with Gasteiger partial charge in [-0.05, 0) is 24.3 Å². The van der Waals surface area contributed by atoms with Crippen LogP contribution in [0.4, 0.5) is 5.69 Å². The summed E-state index contributed by atoms with van der Waals surface area (Å²) >= 11 is 5.96. The van der Waals surface area contributed by atoms with Gasteiger partial charge < -0.3 is 19.6 Å². The van der Waals surface area contributed by atoms with Gasteiger partial charge in [-0.3, -0.25) is 4.99 Å². The molecule has 2 aromatic carbocycles. The minimum Gasteiger partial charge on any atom is -0.494 e. The molecule has 1 aliphatic heterocycles. The molecule has 0 fully saturated rings. The first-order valence-corrected chi connectivity index (χ1v) is 7.52. The zero-order chi connectivity index (χ0) is 15.8. The normalized spacial score (nSPS) is 13.8. The van der Waals surface area contributed by atoms with Gasteiger partial charge in [0.1, 0.15) is 13.2 Å². The molecule has 0 aliphatic carbocycles. The Balaban J connectivity index is 1.70. The summed E-state index contributed by atoms with van der Waals surface area (Å²) in [6, 6.07) is 10.9. The van der Waals surface area contributed by atoms with Crippen LogP contribution in [0.15, 0.2) is 41.4 Å². The van der Waals surface area contributed by atoms with Crippen molar-refractivity contribution in [2.75, 3.05) is 13.2 Å². The molecule has 5 nitrogen and oxygen atoms in total. The van der Waals surface area contributed by atoms with Crippen molar-refractivity contribution in [1.82, 2.24) is 4.98 Å². The van der Waals surface area contributed by atoms with Crippen molar-refractivity contribution in [3.8, 4) is 17.4 Å². The molecule has 0 bridgehead atoms. The van der Waals surface area contributed by atoms with E-state index in [-0.39, 0.29) is 5.88 Å². The second-order valence-corrected chi connectivity index (χ2v) is 5.60. The Morgan fingerprint density at radius 1 is 1.09 bits per heavy atom. The first-order valence-electron chi connectivity index (χ1n) is 7.14. The molecule has 2 heterocycles. The molecule has 6 heteroatoms. The largest absolute Gasteiger partial charge is 0.494 e. The van der Waals surface area contributed by atoms with Gasteiger partial charge in [0.15, 0.2) is 17.4 Å². The number of aliphatic imine (C=N–C) groups is 1. The summed E-state index contributed by atoms with van der Waals surface area (Å²) in [5.74, 6) is 1.46. The Morgan fingerprint density at radius 3 is 2.78 bits per heavy atom. The number of hydrogen-bond acceptors (Lipinski definition) is 4. The molecule has 0 saturated carbocycles. The number of halogens is 1. The van der Waals surface area contributed by atoms with Gasteiger partial charge in [0.05, 0.1) is 16.8 Å². The van der Waals surface area contributed by atoms with E-state index < -0.39 is 0 Å². The van der Waals surface area contributed by atoms with E-state index in [1.165, 1.54) is 0 Å². The van der Waals surface area contributed by atoms with Gasteiger partial charge in [-0.15, -0.1) is 0 Å². The number of aromatic hydroxyl groups is 1. The Hall–Kier alpha value is -2.66. The molecule has 2 N–H and O–H groups in total. The molecule has 1 aromatic heterocycles. The van der Waals surface area contributed by atoms with E-state index in [9.17, 15) is 5.11 Å². The van der Waals surface area contributed by atoms with Gasteiger partial charge in [0, 0.05) is 22.7 Å². The summed E-state index contributed by atoms with van der Waals surface area (Å²) in [5.41, 5.74) is 2.10. The van der Waals surface area contributed by atoms with Gasteiger partial charge >= 0.3 is 0 Å². The summed E-state index contributed by atoms with van der Waals surface area (Å²) in [6.07, 6.45) is 1.62. The molecular weight excluding hydrogens is 316 g/mol. The van der Waals surface area contributed by atoms with Crippen LogP contribution in [-0.4, -0.2) is 29.5 Å². The lowest BCUT2D eigenvalue weighted by molar-refractivity contribution is 0.171. The van der Waals surface area contributed by atoms with Crippen LogP contribution in [0.3, 0.4) is 0 Å². The van der Waals surface area contributed by atoms with Crippen LogP contribution in [0, 0.1) is 0 Å². The summed E-state index contributed by atoms with van der Waals surface area (Å²) < 4.78 is 11.0. The molecule has 0 spiro atoms. The van der Waals surface area contributed by atoms with Crippen LogP contribution < -0.4 is 9.47 Å². The Bertz CT molecular complexity index is 918. The van der Waals surface area contributed by atoms with Crippen molar-refractivity contribution < 1.29 is 14.6 Å². The molecular formula is C17H13ClN2O3. The number of aromatic nitrogens is 1. The molecule has 0 unspecified atom stereocenters. The number of rotatable bonds is 2. The number of aromatic amines is 1. The SMILES string of the molecule is Oc1[nH]c2cc(Cl)ccc2c1C=Nc1ccc2c(c1)OCCO2. The highest BCUT2D eigenvalue weighted by molar-refractivity contribution is 6.31. The summed E-state index contributed by atoms with van der Waals surface area (Å²) in [4.78, 5) is 7.31. The lowest BCUT2D eigenvalue weighted by Gasteiger charge is -2.18. The third-order valence-electron chi connectivity index (χ3n) is 3.65. The fraction of sp³-hybridized carbons (Fsp3) is 0.118. The Labute approximate surface area is 137 Å². The maximum absolute atomic E-state index is 10.1. The minimum absolute atomic E-state index is 0.0589. The average Bonchev–Trinajstić information content (AvgIpc) is 2.87. The van der Waals surface area contributed by atoms with Crippen molar-refractivity contribution in [1.29, 1.82) is 0 Å². The van der Waals surface area contributed by atoms with Gasteiger partial charge in [-0.25, -0.2) is 0 Å². The van der Waals surface area contributed by atoms with Crippen molar-refractivity contribution in [3.63, 3.8) is 0 Å². The third-order valence-corrected chi connectivity index (χ3v) is 3.88. The lowest BCUT2D eigenvalue weighted by Crippen LogP contribution is -2.14. The standard InChI is InChI=1S/C17H13ClN2O3/c18-10-1-3-12-13(17(21)20-14(12)7-10)9-19-11-2-4-15-16(8-11)23-6-5-22-15/h1-4,7-9,20-21H,5-6H2. The second kappa shape index (κ2) is 5.52. The van der Waals surface area contributed by atoms with Gasteiger partial charge in [0.25, 0.3) is 0 Å². The maximum atomic E-state index is 10.1. The minimum atomic E-state index is 0.0589. The molecule has 0 amide bonds. The third kappa shape index (κ3) is 2.59. The summed E-state index contributed by atoms with van der Waals surface area (Å²) in [6.45, 7) is 1.09. The number of benzene rings is 2. The van der Waals surface area contributed by atoms with Crippen LogP contribution in [-0.2, 0) is 0 Å². The topological polar surface area (TPSA) is 66.8 Å². The number of fused-ring (bicyclic) bond motifs is 2. The zero-order valence-electron chi connectivity index (χ0n) is 12.0. The van der Waals surface area contributed by atoms with E-state index in [2.05, 4.69) is 9.98 Å². The molecule has 1 aliphatic rings. The van der Waals surface area contributed by atoms with Crippen LogP contribution in [0.25, 0.3) is 10.9 Å². The van der Waals surface area contributed by atoms with E-state index in [1.54, 1.807) is 18.3 Å². The van der Waals surface area contributed by atoms with Crippen LogP contribution in [0.5, 0.6) is 17.4 Å². The van der Waals surface area contributed by atoms with Crippen molar-refractivity contribution in [3.05, 3.63) is 47.0 Å². The monoisotopic (exact) mass is 328 g/mol. The van der Waals surface area contributed by atoms with Crippen LogP contribution in [0.2, 0.25) is 5.02 Å². The fourth-order valence-corrected chi connectivity index (χ4v) is 2.73. The van der Waals surface area contributed by atoms with E-state index >= 15 is 0 Å². The molecule has 0 atom stereocenters. The first kappa shape index (κ1) is 14.0. The maximum Gasteiger partial charge on any atom is 0.198 e. The number of hydrogen-bond donors (Lipinski definition) is 2. The summed E-state index contributed by atoms with van der Waals surface area (Å²) in [5, 5.41) is 11.5. The van der Waals surface area contributed by atoms with Crippen LogP contribution >= 0.6 is 11.6 Å². The highest BCUT2D eigenvalue weighted by Crippen LogP contribution is 2.34. The van der Waals surface area contributed by atoms with Crippen LogP contribution in [0.1, 0.15) is 5.56 Å². The lowest BCUT2D eigenvalue weighted by atomic mass is 10.2. The predicted octanol–water partition coefficient (Wildman–Crippen LogP) is 4.05. The zero-order valence-corrected chi connectivity index (χ0v) is 12.8. The van der Waals surface area contributed by atoms with Gasteiger partial charge in [-0.2, -0.15) is 0 Å². The second-order valence-electron chi connectivity index (χ2n) is 5.16. The number of H-pyrrole nitrogens is 1. The van der Waals surface area contributed by atoms with Crippen molar-refractivity contribution in [2.24, 2.45) is 4.99 Å². The fourth-order valence-electron chi connectivity index (χ4n) is 2.56. The van der Waals surface area contributed by atoms with E-state index in [4.69, 9.17) is 21.1 Å². The highest BCUT2D eigenvalue weighted by Gasteiger charge is 2.12. The molecule has 23 heavy (non-hydrogen) atoms. The first-order chi connectivity index (χ1) is 11.2. The van der Waals surface area contributed by atoms with E-state index in [1.807, 2.05) is 24.3 Å². The van der Waals surface area contributed by atoms with E-state index in [0.717, 1.165) is 22.3 Å².